The first-order valence-corrected chi connectivity index (χ1v) is 6.54. The van der Waals surface area contributed by atoms with Crippen LogP contribution in [0.25, 0.3) is 16.7 Å². The summed E-state index contributed by atoms with van der Waals surface area (Å²) in [6, 6.07) is 12.6. The monoisotopic (exact) mass is 298 g/mol. The second kappa shape index (κ2) is 5.00. The summed E-state index contributed by atoms with van der Waals surface area (Å²) in [5.74, 6) is 0.960. The lowest BCUT2D eigenvalue weighted by atomic mass is 10.2. The first-order valence-electron chi connectivity index (χ1n) is 6.16. The molecule has 1 aromatic heterocycles. The largest absolute Gasteiger partial charge is 0.497 e. The molecule has 0 saturated heterocycles. The Kier molecular flexibility index (Phi) is 3.16. The van der Waals surface area contributed by atoms with E-state index in [9.17, 15) is 0 Å². The molecule has 0 radical (unpaired) electrons. The van der Waals surface area contributed by atoms with Crippen LogP contribution in [-0.2, 0) is 0 Å². The molecule has 0 unspecified atom stereocenters. The molecular weight excluding hydrogens is 288 g/mol. The number of nitrogen functional groups attached to an aromatic ring is 1. The Morgan fingerprint density at radius 1 is 1.29 bits per heavy atom. The van der Waals surface area contributed by atoms with Gasteiger partial charge in [0, 0.05) is 6.07 Å². The third kappa shape index (κ3) is 2.16. The van der Waals surface area contributed by atoms with Crippen molar-refractivity contribution in [1.29, 1.82) is 5.26 Å². The molecule has 0 aliphatic heterocycles. The summed E-state index contributed by atoms with van der Waals surface area (Å²) in [6.45, 7) is 0. The molecule has 0 amide bonds. The number of nitrogens with two attached hydrogens (primary N) is 1. The summed E-state index contributed by atoms with van der Waals surface area (Å²) >= 11 is 6.27. The predicted octanol–water partition coefficient (Wildman–Crippen LogP) is 3.14. The fourth-order valence-corrected chi connectivity index (χ4v) is 2.41. The first kappa shape index (κ1) is 13.3. The van der Waals surface area contributed by atoms with Gasteiger partial charge in [-0.05, 0) is 30.3 Å². The summed E-state index contributed by atoms with van der Waals surface area (Å²) in [5.41, 5.74) is 8.62. The molecule has 21 heavy (non-hydrogen) atoms. The van der Waals surface area contributed by atoms with Crippen molar-refractivity contribution in [2.24, 2.45) is 0 Å². The highest BCUT2D eigenvalue weighted by Crippen LogP contribution is 2.31. The molecule has 2 N–H and O–H groups in total. The van der Waals surface area contributed by atoms with Gasteiger partial charge in [-0.15, -0.1) is 0 Å². The van der Waals surface area contributed by atoms with Crippen LogP contribution in [0.5, 0.6) is 5.75 Å². The number of fused-ring (bicyclic) bond motifs is 1. The summed E-state index contributed by atoms with van der Waals surface area (Å²) in [4.78, 5) is 4.29. The van der Waals surface area contributed by atoms with Crippen molar-refractivity contribution in [3.05, 3.63) is 47.0 Å². The highest BCUT2D eigenvalue weighted by Gasteiger charge is 2.14. The number of aromatic nitrogens is 2. The Morgan fingerprint density at radius 2 is 2.10 bits per heavy atom. The van der Waals surface area contributed by atoms with Gasteiger partial charge in [-0.3, -0.25) is 4.57 Å². The fourth-order valence-electron chi connectivity index (χ4n) is 2.21. The zero-order valence-electron chi connectivity index (χ0n) is 11.2. The maximum Gasteiger partial charge on any atom is 0.205 e. The van der Waals surface area contributed by atoms with Gasteiger partial charge in [0.25, 0.3) is 0 Å². The molecule has 0 saturated carbocycles. The average molecular weight is 299 g/mol. The van der Waals surface area contributed by atoms with Gasteiger partial charge in [-0.1, -0.05) is 11.6 Å². The van der Waals surface area contributed by atoms with E-state index < -0.39 is 0 Å². The molecule has 3 aromatic rings. The summed E-state index contributed by atoms with van der Waals surface area (Å²) in [6.07, 6.45) is 0. The summed E-state index contributed by atoms with van der Waals surface area (Å²) < 4.78 is 6.93. The van der Waals surface area contributed by atoms with Crippen LogP contribution in [0.3, 0.4) is 0 Å². The van der Waals surface area contributed by atoms with Gasteiger partial charge in [0.15, 0.2) is 0 Å². The number of hydrogen-bond donors (Lipinski definition) is 1. The van der Waals surface area contributed by atoms with Crippen molar-refractivity contribution in [3.63, 3.8) is 0 Å². The van der Waals surface area contributed by atoms with Gasteiger partial charge in [0.1, 0.15) is 5.75 Å². The van der Waals surface area contributed by atoms with Gasteiger partial charge < -0.3 is 10.5 Å². The second-order valence-electron chi connectivity index (χ2n) is 4.44. The van der Waals surface area contributed by atoms with Crippen molar-refractivity contribution >= 4 is 28.6 Å². The zero-order valence-corrected chi connectivity index (χ0v) is 11.9. The standard InChI is InChI=1S/C15H11ClN4O/c1-21-10-3-4-11(16)13(7-10)20-14-6-9(8-17)2-5-12(14)19-15(20)18/h2-7H,1H3,(H2,18,19). The van der Waals surface area contributed by atoms with E-state index in [0.29, 0.717) is 33.5 Å². The number of benzene rings is 2. The molecule has 104 valence electrons. The van der Waals surface area contributed by atoms with Crippen LogP contribution < -0.4 is 10.5 Å². The smallest absolute Gasteiger partial charge is 0.205 e. The number of rotatable bonds is 2. The van der Waals surface area contributed by atoms with E-state index in [4.69, 9.17) is 27.3 Å². The maximum absolute atomic E-state index is 9.05. The third-order valence-electron chi connectivity index (χ3n) is 3.20. The maximum atomic E-state index is 9.05. The van der Waals surface area contributed by atoms with E-state index >= 15 is 0 Å². The van der Waals surface area contributed by atoms with Crippen LogP contribution in [0.4, 0.5) is 5.95 Å². The number of imidazole rings is 1. The Balaban J connectivity index is 2.34. The fraction of sp³-hybridized carbons (Fsp3) is 0.0667. The molecule has 0 atom stereocenters. The molecular formula is C15H11ClN4O. The Hall–Kier alpha value is -2.71. The van der Waals surface area contributed by atoms with E-state index in [2.05, 4.69) is 11.1 Å². The Morgan fingerprint density at radius 3 is 2.81 bits per heavy atom. The van der Waals surface area contributed by atoms with Crippen molar-refractivity contribution in [2.75, 3.05) is 12.8 Å². The average Bonchev–Trinajstić information content (AvgIpc) is 2.82. The normalized spacial score (nSPS) is 10.5. The van der Waals surface area contributed by atoms with E-state index in [0.717, 1.165) is 5.52 Å². The minimum atomic E-state index is 0.301. The van der Waals surface area contributed by atoms with Crippen molar-refractivity contribution in [3.8, 4) is 17.5 Å². The van der Waals surface area contributed by atoms with Crippen LogP contribution in [0.1, 0.15) is 5.56 Å². The van der Waals surface area contributed by atoms with Gasteiger partial charge in [-0.25, -0.2) is 4.98 Å². The van der Waals surface area contributed by atoms with Crippen LogP contribution in [0, 0.1) is 11.3 Å². The zero-order chi connectivity index (χ0) is 15.0. The molecule has 6 heteroatoms. The molecule has 1 heterocycles. The number of nitriles is 1. The summed E-state index contributed by atoms with van der Waals surface area (Å²) in [5, 5.41) is 9.56. The highest BCUT2D eigenvalue weighted by molar-refractivity contribution is 6.32. The molecule has 5 nitrogen and oxygen atoms in total. The number of anilines is 1. The number of methoxy groups -OCH3 is 1. The summed E-state index contributed by atoms with van der Waals surface area (Å²) in [7, 11) is 1.58. The minimum absolute atomic E-state index is 0.301. The lowest BCUT2D eigenvalue weighted by Gasteiger charge is -2.10. The van der Waals surface area contributed by atoms with Gasteiger partial charge in [0.2, 0.25) is 5.95 Å². The number of hydrogen-bond acceptors (Lipinski definition) is 4. The SMILES string of the molecule is COc1ccc(Cl)c(-n2c(N)nc3ccc(C#N)cc32)c1. The lowest BCUT2D eigenvalue weighted by Crippen LogP contribution is -2.02. The topological polar surface area (TPSA) is 76.9 Å². The van der Waals surface area contributed by atoms with Crippen molar-refractivity contribution in [2.45, 2.75) is 0 Å². The molecule has 0 aliphatic rings. The molecule has 0 fully saturated rings. The highest BCUT2D eigenvalue weighted by atomic mass is 35.5. The molecule has 0 bridgehead atoms. The van der Waals surface area contributed by atoms with Gasteiger partial charge >= 0.3 is 0 Å². The number of halogens is 1. The quantitative estimate of drug-likeness (QED) is 0.788. The van der Waals surface area contributed by atoms with Crippen LogP contribution in [0.2, 0.25) is 5.02 Å². The molecule has 0 spiro atoms. The van der Waals surface area contributed by atoms with Crippen LogP contribution in [0.15, 0.2) is 36.4 Å². The van der Waals surface area contributed by atoms with Crippen molar-refractivity contribution < 1.29 is 4.74 Å². The second-order valence-corrected chi connectivity index (χ2v) is 4.85. The van der Waals surface area contributed by atoms with Gasteiger partial charge in [-0.2, -0.15) is 5.26 Å². The van der Waals surface area contributed by atoms with Crippen LogP contribution in [-0.4, -0.2) is 16.7 Å². The Labute approximate surface area is 126 Å². The number of nitrogens with zero attached hydrogens (tertiary/aromatic N) is 3. The van der Waals surface area contributed by atoms with Crippen LogP contribution >= 0.6 is 11.6 Å². The predicted molar refractivity (Wildman–Crippen MR) is 81.8 cm³/mol. The van der Waals surface area contributed by atoms with E-state index in [-0.39, 0.29) is 0 Å². The van der Waals surface area contributed by atoms with E-state index in [1.165, 1.54) is 0 Å². The van der Waals surface area contributed by atoms with Gasteiger partial charge in [0.05, 0.1) is 40.5 Å². The van der Waals surface area contributed by atoms with E-state index in [1.54, 1.807) is 48.1 Å². The molecule has 0 aliphatic carbocycles. The van der Waals surface area contributed by atoms with Crippen molar-refractivity contribution in [1.82, 2.24) is 9.55 Å². The first-order chi connectivity index (χ1) is 10.1. The third-order valence-corrected chi connectivity index (χ3v) is 3.52. The minimum Gasteiger partial charge on any atom is -0.497 e. The molecule has 2 aromatic carbocycles. The van der Waals surface area contributed by atoms with E-state index in [1.807, 2.05) is 0 Å². The lowest BCUT2D eigenvalue weighted by molar-refractivity contribution is 0.414. The molecule has 3 rings (SSSR count). The number of ether oxygens (including phenoxy) is 1. The Bertz CT molecular complexity index is 879.